The largest absolute Gasteiger partial charge is 0.383 e. The van der Waals surface area contributed by atoms with Gasteiger partial charge in [-0.25, -0.2) is 0 Å². The van der Waals surface area contributed by atoms with E-state index in [1.807, 2.05) is 0 Å². The Hall–Kier alpha value is -0.0800. The number of hydrogen-bond acceptors (Lipinski definition) is 2. The maximum Gasteiger partial charge on any atom is 0.0587 e. The minimum Gasteiger partial charge on any atom is -0.383 e. The van der Waals surface area contributed by atoms with Crippen LogP contribution in [0.1, 0.15) is 25.7 Å². The van der Waals surface area contributed by atoms with Crippen LogP contribution in [0, 0.1) is 11.8 Å². The van der Waals surface area contributed by atoms with E-state index in [2.05, 4.69) is 5.32 Å². The molecule has 2 nitrogen and oxygen atoms in total. The maximum absolute atomic E-state index is 5.02. The number of nitrogens with one attached hydrogen (secondary N) is 1. The van der Waals surface area contributed by atoms with Crippen molar-refractivity contribution in [2.75, 3.05) is 20.3 Å². The third kappa shape index (κ3) is 1.64. The zero-order chi connectivity index (χ0) is 8.39. The lowest BCUT2D eigenvalue weighted by Gasteiger charge is -2.22. The molecule has 0 aliphatic heterocycles. The first-order valence-electron chi connectivity index (χ1n) is 5.12. The van der Waals surface area contributed by atoms with Crippen molar-refractivity contribution < 1.29 is 4.74 Å². The average Bonchev–Trinajstić information content (AvgIpc) is 2.65. The molecule has 0 spiro atoms. The molecule has 3 atom stereocenters. The van der Waals surface area contributed by atoms with E-state index in [9.17, 15) is 0 Å². The molecule has 2 heteroatoms. The Morgan fingerprint density at radius 1 is 1.33 bits per heavy atom. The van der Waals surface area contributed by atoms with Gasteiger partial charge in [-0.2, -0.15) is 0 Å². The number of fused-ring (bicyclic) bond motifs is 2. The molecule has 0 aromatic carbocycles. The number of methoxy groups -OCH3 is 1. The van der Waals surface area contributed by atoms with Crippen LogP contribution in [0.4, 0.5) is 0 Å². The first-order valence-corrected chi connectivity index (χ1v) is 5.12. The summed E-state index contributed by atoms with van der Waals surface area (Å²) < 4.78 is 5.02. The topological polar surface area (TPSA) is 21.3 Å². The van der Waals surface area contributed by atoms with Crippen LogP contribution in [0.25, 0.3) is 0 Å². The number of ether oxygens (including phenoxy) is 1. The van der Waals surface area contributed by atoms with Gasteiger partial charge in [-0.3, -0.25) is 0 Å². The third-order valence-corrected chi connectivity index (χ3v) is 3.45. The summed E-state index contributed by atoms with van der Waals surface area (Å²) in [4.78, 5) is 0. The molecule has 12 heavy (non-hydrogen) atoms. The fourth-order valence-corrected chi connectivity index (χ4v) is 2.84. The van der Waals surface area contributed by atoms with E-state index >= 15 is 0 Å². The second-order valence-electron chi connectivity index (χ2n) is 4.23. The molecular formula is C10H19NO. The molecule has 0 unspecified atom stereocenters. The van der Waals surface area contributed by atoms with Gasteiger partial charge in [0.05, 0.1) is 6.61 Å². The highest BCUT2D eigenvalue weighted by molar-refractivity contribution is 4.93. The van der Waals surface area contributed by atoms with Crippen LogP contribution in [0.5, 0.6) is 0 Å². The van der Waals surface area contributed by atoms with Crippen LogP contribution >= 0.6 is 0 Å². The van der Waals surface area contributed by atoms with Crippen molar-refractivity contribution >= 4 is 0 Å². The molecule has 2 saturated carbocycles. The SMILES string of the molecule is COCCN[C@H]1C[C@H]2CC[C@@H]1C2. The van der Waals surface area contributed by atoms with E-state index < -0.39 is 0 Å². The van der Waals surface area contributed by atoms with Crippen molar-refractivity contribution in [3.63, 3.8) is 0 Å². The first kappa shape index (κ1) is 8.52. The van der Waals surface area contributed by atoms with Gasteiger partial charge in [-0.1, -0.05) is 6.42 Å². The maximum atomic E-state index is 5.02. The lowest BCUT2D eigenvalue weighted by atomic mass is 9.95. The molecule has 1 N–H and O–H groups in total. The standard InChI is InChI=1S/C10H19NO/c1-12-5-4-11-10-7-8-2-3-9(10)6-8/h8-11H,2-7H2,1H3/t8-,9+,10-/m0/s1. The van der Waals surface area contributed by atoms with Crippen molar-refractivity contribution in [3.05, 3.63) is 0 Å². The fraction of sp³-hybridized carbons (Fsp3) is 1.00. The highest BCUT2D eigenvalue weighted by Crippen LogP contribution is 2.44. The minimum absolute atomic E-state index is 0.818. The Bertz CT molecular complexity index is 149. The predicted octanol–water partition coefficient (Wildman–Crippen LogP) is 1.41. The van der Waals surface area contributed by atoms with Gasteiger partial charge in [0.25, 0.3) is 0 Å². The van der Waals surface area contributed by atoms with Crippen molar-refractivity contribution in [1.29, 1.82) is 0 Å². The van der Waals surface area contributed by atoms with E-state index in [0.717, 1.165) is 31.0 Å². The molecular weight excluding hydrogens is 150 g/mol. The van der Waals surface area contributed by atoms with E-state index in [0.29, 0.717) is 0 Å². The van der Waals surface area contributed by atoms with Crippen molar-refractivity contribution in [2.45, 2.75) is 31.7 Å². The molecule has 0 aromatic rings. The highest BCUT2D eigenvalue weighted by Gasteiger charge is 2.38. The molecule has 0 aromatic heterocycles. The number of rotatable bonds is 4. The fourth-order valence-electron chi connectivity index (χ4n) is 2.84. The molecule has 0 radical (unpaired) electrons. The predicted molar refractivity (Wildman–Crippen MR) is 49.1 cm³/mol. The summed E-state index contributed by atoms with van der Waals surface area (Å²) in [5, 5.41) is 3.59. The van der Waals surface area contributed by atoms with Gasteiger partial charge in [-0.05, 0) is 31.1 Å². The Balaban J connectivity index is 1.69. The van der Waals surface area contributed by atoms with Gasteiger partial charge in [0, 0.05) is 19.7 Å². The summed E-state index contributed by atoms with van der Waals surface area (Å²) >= 11 is 0. The molecule has 2 bridgehead atoms. The molecule has 2 fully saturated rings. The monoisotopic (exact) mass is 169 g/mol. The summed E-state index contributed by atoms with van der Waals surface area (Å²) in [5.41, 5.74) is 0. The summed E-state index contributed by atoms with van der Waals surface area (Å²) in [6.45, 7) is 1.89. The van der Waals surface area contributed by atoms with E-state index in [1.165, 1.54) is 25.7 Å². The molecule has 70 valence electrons. The summed E-state index contributed by atoms with van der Waals surface area (Å²) in [6, 6.07) is 0.818. The lowest BCUT2D eigenvalue weighted by Crippen LogP contribution is -2.35. The van der Waals surface area contributed by atoms with Gasteiger partial charge >= 0.3 is 0 Å². The van der Waals surface area contributed by atoms with Gasteiger partial charge in [0.2, 0.25) is 0 Å². The lowest BCUT2D eigenvalue weighted by molar-refractivity contribution is 0.190. The molecule has 0 heterocycles. The average molecular weight is 169 g/mol. The normalized spacial score (nSPS) is 39.2. The summed E-state index contributed by atoms with van der Waals surface area (Å²) in [5.74, 6) is 2.04. The van der Waals surface area contributed by atoms with Gasteiger partial charge in [-0.15, -0.1) is 0 Å². The van der Waals surface area contributed by atoms with Gasteiger partial charge < -0.3 is 10.1 Å². The van der Waals surface area contributed by atoms with Crippen molar-refractivity contribution in [1.82, 2.24) is 5.32 Å². The van der Waals surface area contributed by atoms with Crippen LogP contribution < -0.4 is 5.32 Å². The Labute approximate surface area is 74.7 Å². The first-order chi connectivity index (χ1) is 5.90. The minimum atomic E-state index is 0.818. The molecule has 0 amide bonds. The van der Waals surface area contributed by atoms with E-state index in [4.69, 9.17) is 4.74 Å². The van der Waals surface area contributed by atoms with Crippen LogP contribution in [-0.2, 0) is 4.74 Å². The molecule has 2 rings (SSSR count). The van der Waals surface area contributed by atoms with Crippen molar-refractivity contribution in [2.24, 2.45) is 11.8 Å². The molecule has 2 aliphatic carbocycles. The quantitative estimate of drug-likeness (QED) is 0.642. The second kappa shape index (κ2) is 3.75. The highest BCUT2D eigenvalue weighted by atomic mass is 16.5. The van der Waals surface area contributed by atoms with Crippen LogP contribution in [0.3, 0.4) is 0 Å². The van der Waals surface area contributed by atoms with Gasteiger partial charge in [0.15, 0.2) is 0 Å². The third-order valence-electron chi connectivity index (χ3n) is 3.45. The van der Waals surface area contributed by atoms with Crippen LogP contribution in [0.2, 0.25) is 0 Å². The van der Waals surface area contributed by atoms with Crippen LogP contribution in [0.15, 0.2) is 0 Å². The summed E-state index contributed by atoms with van der Waals surface area (Å²) in [7, 11) is 1.77. The second-order valence-corrected chi connectivity index (χ2v) is 4.23. The zero-order valence-electron chi connectivity index (χ0n) is 7.88. The number of hydrogen-bond donors (Lipinski definition) is 1. The zero-order valence-corrected chi connectivity index (χ0v) is 7.88. The van der Waals surface area contributed by atoms with E-state index in [-0.39, 0.29) is 0 Å². The van der Waals surface area contributed by atoms with Gasteiger partial charge in [0.1, 0.15) is 0 Å². The van der Waals surface area contributed by atoms with Crippen molar-refractivity contribution in [3.8, 4) is 0 Å². The Morgan fingerprint density at radius 3 is 2.83 bits per heavy atom. The smallest absolute Gasteiger partial charge is 0.0587 e. The van der Waals surface area contributed by atoms with Crippen LogP contribution in [-0.4, -0.2) is 26.3 Å². The Morgan fingerprint density at radius 2 is 2.25 bits per heavy atom. The molecule has 0 saturated heterocycles. The summed E-state index contributed by atoms with van der Waals surface area (Å²) in [6.07, 6.45) is 5.88. The Kier molecular flexibility index (Phi) is 2.66. The molecule has 2 aliphatic rings. The van der Waals surface area contributed by atoms with E-state index in [1.54, 1.807) is 7.11 Å².